The lowest BCUT2D eigenvalue weighted by Gasteiger charge is -2.31. The Hall–Kier alpha value is -3.94. The molecule has 7 heteroatoms. The Kier molecular flexibility index (Phi) is 8.63. The number of hydrogen-bond donors (Lipinski definition) is 1. The van der Waals surface area contributed by atoms with Crippen LogP contribution in [0.1, 0.15) is 40.8 Å². The van der Waals surface area contributed by atoms with Crippen molar-refractivity contribution in [2.75, 3.05) is 39.4 Å². The minimum Gasteiger partial charge on any atom is -0.507 e. The highest BCUT2D eigenvalue weighted by atomic mass is 16.5. The van der Waals surface area contributed by atoms with Crippen molar-refractivity contribution >= 4 is 17.4 Å². The fourth-order valence-corrected chi connectivity index (χ4v) is 5.30. The van der Waals surface area contributed by atoms with Gasteiger partial charge in [0.2, 0.25) is 0 Å². The molecule has 2 heterocycles. The summed E-state index contributed by atoms with van der Waals surface area (Å²) in [5.41, 5.74) is 4.78. The van der Waals surface area contributed by atoms with Gasteiger partial charge in [-0.3, -0.25) is 14.5 Å². The Morgan fingerprint density at radius 3 is 2.35 bits per heavy atom. The number of carbonyl (C=O) groups excluding carboxylic acids is 2. The molecule has 1 unspecified atom stereocenters. The second-order valence-electron chi connectivity index (χ2n) is 10.3. The van der Waals surface area contributed by atoms with Gasteiger partial charge in [0.25, 0.3) is 11.7 Å². The number of morpholine rings is 1. The molecule has 2 saturated heterocycles. The van der Waals surface area contributed by atoms with E-state index in [-0.39, 0.29) is 11.3 Å². The number of benzene rings is 3. The Bertz CT molecular complexity index is 1370. The van der Waals surface area contributed by atoms with E-state index < -0.39 is 17.7 Å². The molecule has 3 aromatic carbocycles. The lowest BCUT2D eigenvalue weighted by atomic mass is 9.94. The average molecular weight is 541 g/mol. The highest BCUT2D eigenvalue weighted by molar-refractivity contribution is 6.46. The third kappa shape index (κ3) is 6.11. The fraction of sp³-hybridized carbons (Fsp3) is 0.333. The number of carbonyl (C=O) groups is 2. The van der Waals surface area contributed by atoms with Gasteiger partial charge in [0.1, 0.15) is 18.1 Å². The van der Waals surface area contributed by atoms with Crippen LogP contribution in [0.5, 0.6) is 5.75 Å². The normalized spacial score (nSPS) is 19.2. The summed E-state index contributed by atoms with van der Waals surface area (Å²) in [5, 5.41) is 11.4. The molecule has 5 rings (SSSR count). The van der Waals surface area contributed by atoms with Crippen LogP contribution in [-0.4, -0.2) is 66.0 Å². The van der Waals surface area contributed by atoms with Crippen LogP contribution in [0.25, 0.3) is 5.76 Å². The van der Waals surface area contributed by atoms with Crippen molar-refractivity contribution in [3.63, 3.8) is 0 Å². The fourth-order valence-electron chi connectivity index (χ4n) is 5.30. The zero-order valence-electron chi connectivity index (χ0n) is 23.1. The number of ketones is 1. The summed E-state index contributed by atoms with van der Waals surface area (Å²) in [6.07, 6.45) is 0.885. The van der Waals surface area contributed by atoms with Crippen molar-refractivity contribution in [2.24, 2.45) is 0 Å². The van der Waals surface area contributed by atoms with Crippen LogP contribution in [0.2, 0.25) is 0 Å². The van der Waals surface area contributed by atoms with Crippen molar-refractivity contribution < 1.29 is 24.2 Å². The summed E-state index contributed by atoms with van der Waals surface area (Å²) in [6.45, 7) is 8.46. The van der Waals surface area contributed by atoms with E-state index in [1.807, 2.05) is 49.4 Å². The molecular formula is C33H36N2O5. The van der Waals surface area contributed by atoms with Gasteiger partial charge in [0.15, 0.2) is 0 Å². The average Bonchev–Trinajstić information content (AvgIpc) is 3.24. The third-order valence-corrected chi connectivity index (χ3v) is 7.62. The van der Waals surface area contributed by atoms with Gasteiger partial charge in [-0.05, 0) is 54.3 Å². The number of rotatable bonds is 9. The Balaban J connectivity index is 1.41. The summed E-state index contributed by atoms with van der Waals surface area (Å²) in [6, 6.07) is 22.4. The topological polar surface area (TPSA) is 79.3 Å². The van der Waals surface area contributed by atoms with Gasteiger partial charge < -0.3 is 19.5 Å². The van der Waals surface area contributed by atoms with Crippen LogP contribution in [0.4, 0.5) is 0 Å². The van der Waals surface area contributed by atoms with Crippen molar-refractivity contribution in [3.05, 3.63) is 106 Å². The van der Waals surface area contributed by atoms with Crippen LogP contribution in [-0.2, 0) is 27.4 Å². The number of ether oxygens (including phenoxy) is 2. The molecule has 2 aliphatic heterocycles. The van der Waals surface area contributed by atoms with Gasteiger partial charge in [-0.15, -0.1) is 0 Å². The van der Waals surface area contributed by atoms with E-state index in [9.17, 15) is 14.7 Å². The first-order chi connectivity index (χ1) is 19.4. The highest BCUT2D eigenvalue weighted by Gasteiger charge is 2.46. The molecule has 208 valence electrons. The lowest BCUT2D eigenvalue weighted by Crippen LogP contribution is -2.42. The van der Waals surface area contributed by atoms with Crippen molar-refractivity contribution in [3.8, 4) is 5.75 Å². The number of nitrogens with zero attached hydrogens (tertiary/aromatic N) is 2. The van der Waals surface area contributed by atoms with E-state index in [1.54, 1.807) is 29.2 Å². The second kappa shape index (κ2) is 12.5. The predicted octanol–water partition coefficient (Wildman–Crippen LogP) is 4.89. The minimum atomic E-state index is -0.663. The van der Waals surface area contributed by atoms with Crippen LogP contribution < -0.4 is 4.74 Å². The van der Waals surface area contributed by atoms with Gasteiger partial charge in [0.05, 0.1) is 24.8 Å². The number of hydrogen-bond acceptors (Lipinski definition) is 6. The van der Waals surface area contributed by atoms with E-state index in [0.717, 1.165) is 36.2 Å². The first-order valence-corrected chi connectivity index (χ1v) is 13.9. The van der Waals surface area contributed by atoms with Crippen molar-refractivity contribution in [2.45, 2.75) is 32.9 Å². The summed E-state index contributed by atoms with van der Waals surface area (Å²) in [7, 11) is 0. The quantitative estimate of drug-likeness (QED) is 0.237. The zero-order valence-corrected chi connectivity index (χ0v) is 23.1. The van der Waals surface area contributed by atoms with Crippen LogP contribution in [0.3, 0.4) is 0 Å². The molecule has 3 aromatic rings. The monoisotopic (exact) mass is 540 g/mol. The molecule has 1 amide bonds. The van der Waals surface area contributed by atoms with Crippen LogP contribution in [0.15, 0.2) is 78.4 Å². The molecule has 0 radical (unpaired) electrons. The first-order valence-electron chi connectivity index (χ1n) is 13.9. The Labute approximate surface area is 235 Å². The standard InChI is InChI=1S/C33H36N2O5/c1-3-24-7-9-26(10-8-24)30-29(32(37)33(38)35(30)16-15-34-17-19-39-20-18-34)31(36)27-11-13-28(14-12-27)40-22-25-6-4-5-23(2)21-25/h4-14,21,30,36H,3,15-20,22H2,1-2H3/b31-29+. The number of aliphatic hydroxyl groups is 1. The molecule has 1 atom stereocenters. The summed E-state index contributed by atoms with van der Waals surface area (Å²) >= 11 is 0. The number of Topliss-reactive ketones (excluding diaryl/α,β-unsaturated/α-hetero) is 1. The number of aliphatic hydroxyl groups excluding tert-OH is 1. The molecule has 0 aliphatic carbocycles. The number of aryl methyl sites for hydroxylation is 2. The summed E-state index contributed by atoms with van der Waals surface area (Å²) in [4.78, 5) is 30.5. The molecule has 0 bridgehead atoms. The van der Waals surface area contributed by atoms with E-state index in [1.165, 1.54) is 5.56 Å². The third-order valence-electron chi connectivity index (χ3n) is 7.62. The maximum atomic E-state index is 13.4. The first kappa shape index (κ1) is 27.6. The SMILES string of the molecule is CCc1ccc(C2/C(=C(\O)c3ccc(OCc4cccc(C)c4)cc3)C(=O)C(=O)N2CCN2CCOCC2)cc1. The van der Waals surface area contributed by atoms with Gasteiger partial charge in [-0.1, -0.05) is 61.0 Å². The zero-order chi connectivity index (χ0) is 28.1. The molecule has 1 N–H and O–H groups in total. The largest absolute Gasteiger partial charge is 0.507 e. The lowest BCUT2D eigenvalue weighted by molar-refractivity contribution is -0.140. The summed E-state index contributed by atoms with van der Waals surface area (Å²) in [5.74, 6) is -0.779. The predicted molar refractivity (Wildman–Crippen MR) is 154 cm³/mol. The van der Waals surface area contributed by atoms with Gasteiger partial charge in [0, 0.05) is 31.7 Å². The van der Waals surface area contributed by atoms with Crippen LogP contribution >= 0.6 is 0 Å². The molecule has 2 fully saturated rings. The molecule has 0 spiro atoms. The number of amides is 1. The number of likely N-dealkylation sites (tertiary alicyclic amines) is 1. The van der Waals surface area contributed by atoms with E-state index >= 15 is 0 Å². The van der Waals surface area contributed by atoms with Crippen LogP contribution in [0, 0.1) is 6.92 Å². The van der Waals surface area contributed by atoms with Gasteiger partial charge in [-0.2, -0.15) is 0 Å². The van der Waals surface area contributed by atoms with Gasteiger partial charge >= 0.3 is 0 Å². The molecule has 7 nitrogen and oxygen atoms in total. The Morgan fingerprint density at radius 2 is 1.68 bits per heavy atom. The maximum absolute atomic E-state index is 13.4. The molecule has 0 saturated carbocycles. The molecular weight excluding hydrogens is 504 g/mol. The van der Waals surface area contributed by atoms with Crippen molar-refractivity contribution in [1.82, 2.24) is 9.80 Å². The van der Waals surface area contributed by atoms with Gasteiger partial charge in [-0.25, -0.2) is 0 Å². The molecule has 0 aromatic heterocycles. The van der Waals surface area contributed by atoms with E-state index in [0.29, 0.717) is 44.2 Å². The Morgan fingerprint density at radius 1 is 0.950 bits per heavy atom. The minimum absolute atomic E-state index is 0.115. The highest BCUT2D eigenvalue weighted by Crippen LogP contribution is 2.39. The van der Waals surface area contributed by atoms with Crippen molar-refractivity contribution in [1.29, 1.82) is 0 Å². The maximum Gasteiger partial charge on any atom is 0.295 e. The second-order valence-corrected chi connectivity index (χ2v) is 10.3. The molecule has 2 aliphatic rings. The summed E-state index contributed by atoms with van der Waals surface area (Å²) < 4.78 is 11.4. The van der Waals surface area contributed by atoms with E-state index in [2.05, 4.69) is 17.9 Å². The molecule has 40 heavy (non-hydrogen) atoms. The van der Waals surface area contributed by atoms with E-state index in [4.69, 9.17) is 9.47 Å². The smallest absolute Gasteiger partial charge is 0.295 e.